The third kappa shape index (κ3) is 5.23. The summed E-state index contributed by atoms with van der Waals surface area (Å²) in [6, 6.07) is 16.0. The maximum Gasteiger partial charge on any atom is 0.338 e. The Morgan fingerprint density at radius 1 is 0.971 bits per heavy atom. The molecule has 0 aromatic heterocycles. The highest BCUT2D eigenvalue weighted by Crippen LogP contribution is 2.28. The molecule has 0 bridgehead atoms. The molecule has 0 spiro atoms. The molecule has 1 saturated heterocycles. The van der Waals surface area contributed by atoms with Gasteiger partial charge >= 0.3 is 5.97 Å². The summed E-state index contributed by atoms with van der Waals surface area (Å²) in [7, 11) is -3.68. The van der Waals surface area contributed by atoms with Crippen molar-refractivity contribution in [3.63, 3.8) is 0 Å². The normalized spacial score (nSPS) is 17.8. The van der Waals surface area contributed by atoms with Gasteiger partial charge in [-0.25, -0.2) is 13.2 Å². The SMILES string of the molecule is CCOC(=O)c1ccc(S(=O)(=O)N2CCC(C(=O)N3CC=C(c4ccccc4)CC3)CC2)cc1. The van der Waals surface area contributed by atoms with Crippen LogP contribution < -0.4 is 0 Å². The summed E-state index contributed by atoms with van der Waals surface area (Å²) in [6.07, 6.45) is 3.95. The van der Waals surface area contributed by atoms with Gasteiger partial charge < -0.3 is 9.64 Å². The number of benzene rings is 2. The van der Waals surface area contributed by atoms with E-state index in [1.54, 1.807) is 6.92 Å². The molecule has 7 nitrogen and oxygen atoms in total. The zero-order valence-electron chi connectivity index (χ0n) is 19.4. The second-order valence-corrected chi connectivity index (χ2v) is 10.5. The highest BCUT2D eigenvalue weighted by Gasteiger charge is 2.34. The third-order valence-corrected chi connectivity index (χ3v) is 8.38. The van der Waals surface area contributed by atoms with Crippen LogP contribution in [-0.4, -0.2) is 62.3 Å². The molecule has 34 heavy (non-hydrogen) atoms. The number of hydrogen-bond acceptors (Lipinski definition) is 5. The summed E-state index contributed by atoms with van der Waals surface area (Å²) in [4.78, 5) is 26.9. The fraction of sp³-hybridized carbons (Fsp3) is 0.385. The molecule has 2 heterocycles. The van der Waals surface area contributed by atoms with Gasteiger partial charge in [-0.3, -0.25) is 4.79 Å². The molecule has 2 aromatic rings. The van der Waals surface area contributed by atoms with Crippen molar-refractivity contribution >= 4 is 27.5 Å². The predicted molar refractivity (Wildman–Crippen MR) is 129 cm³/mol. The van der Waals surface area contributed by atoms with Crippen molar-refractivity contribution in [1.82, 2.24) is 9.21 Å². The van der Waals surface area contributed by atoms with Crippen molar-refractivity contribution < 1.29 is 22.7 Å². The Kier molecular flexibility index (Phi) is 7.48. The van der Waals surface area contributed by atoms with E-state index in [9.17, 15) is 18.0 Å². The predicted octanol–water partition coefficient (Wildman–Crippen LogP) is 3.58. The quantitative estimate of drug-likeness (QED) is 0.588. The van der Waals surface area contributed by atoms with Crippen LogP contribution in [-0.2, 0) is 19.6 Å². The molecule has 0 unspecified atom stereocenters. The molecule has 2 aliphatic heterocycles. The molecule has 0 radical (unpaired) electrons. The number of carbonyl (C=O) groups excluding carboxylic acids is 2. The lowest BCUT2D eigenvalue weighted by Gasteiger charge is -2.34. The van der Waals surface area contributed by atoms with Crippen LogP contribution in [0.25, 0.3) is 5.57 Å². The zero-order chi connectivity index (χ0) is 24.1. The van der Waals surface area contributed by atoms with Crippen LogP contribution >= 0.6 is 0 Å². The number of piperidine rings is 1. The highest BCUT2D eigenvalue weighted by atomic mass is 32.2. The zero-order valence-corrected chi connectivity index (χ0v) is 20.2. The average Bonchev–Trinajstić information content (AvgIpc) is 2.89. The Morgan fingerprint density at radius 2 is 1.65 bits per heavy atom. The van der Waals surface area contributed by atoms with Gasteiger partial charge in [0.05, 0.1) is 17.1 Å². The molecule has 1 amide bonds. The number of amides is 1. The smallest absolute Gasteiger partial charge is 0.338 e. The average molecular weight is 483 g/mol. The standard InChI is InChI=1S/C26H30N2O5S/c1-2-33-26(30)23-8-10-24(11-9-23)34(31,32)28-18-14-22(15-19-28)25(29)27-16-12-21(13-17-27)20-6-4-3-5-7-20/h3-12,22H,2,13-19H2,1H3. The van der Waals surface area contributed by atoms with Gasteiger partial charge in [-0.05, 0) is 61.6 Å². The van der Waals surface area contributed by atoms with Gasteiger partial charge in [-0.1, -0.05) is 36.4 Å². The topological polar surface area (TPSA) is 84.0 Å². The number of ether oxygens (including phenoxy) is 1. The number of nitrogens with zero attached hydrogens (tertiary/aromatic N) is 2. The van der Waals surface area contributed by atoms with Crippen LogP contribution in [0, 0.1) is 5.92 Å². The van der Waals surface area contributed by atoms with Crippen LogP contribution in [0.15, 0.2) is 65.6 Å². The molecule has 4 rings (SSSR count). The van der Waals surface area contributed by atoms with Crippen molar-refractivity contribution in [2.24, 2.45) is 5.92 Å². The van der Waals surface area contributed by atoms with Gasteiger partial charge in [0.2, 0.25) is 15.9 Å². The first-order chi connectivity index (χ1) is 16.4. The van der Waals surface area contributed by atoms with E-state index in [0.29, 0.717) is 44.6 Å². The Balaban J connectivity index is 1.33. The monoisotopic (exact) mass is 482 g/mol. The first-order valence-electron chi connectivity index (χ1n) is 11.7. The van der Waals surface area contributed by atoms with Crippen LogP contribution in [0.2, 0.25) is 0 Å². The van der Waals surface area contributed by atoms with Crippen LogP contribution in [0.4, 0.5) is 0 Å². The Bertz CT molecular complexity index is 1150. The lowest BCUT2D eigenvalue weighted by atomic mass is 9.94. The molecular formula is C26H30N2O5S. The Labute approximate surface area is 201 Å². The van der Waals surface area contributed by atoms with Gasteiger partial charge in [-0.2, -0.15) is 4.31 Å². The summed E-state index contributed by atoms with van der Waals surface area (Å²) in [5.41, 5.74) is 2.78. The molecule has 0 N–H and O–H groups in total. The minimum atomic E-state index is -3.68. The maximum atomic E-state index is 13.1. The lowest BCUT2D eigenvalue weighted by Crippen LogP contribution is -2.45. The first kappa shape index (κ1) is 24.2. The minimum Gasteiger partial charge on any atom is -0.462 e. The fourth-order valence-electron chi connectivity index (χ4n) is 4.51. The van der Waals surface area contributed by atoms with Crippen molar-refractivity contribution in [2.75, 3.05) is 32.8 Å². The summed E-state index contributed by atoms with van der Waals surface area (Å²) >= 11 is 0. The van der Waals surface area contributed by atoms with Crippen LogP contribution in [0.1, 0.15) is 42.1 Å². The number of carbonyl (C=O) groups is 2. The van der Waals surface area contributed by atoms with Crippen LogP contribution in [0.3, 0.4) is 0 Å². The van der Waals surface area contributed by atoms with E-state index >= 15 is 0 Å². The fourth-order valence-corrected chi connectivity index (χ4v) is 5.98. The second-order valence-electron chi connectivity index (χ2n) is 8.55. The Morgan fingerprint density at radius 3 is 2.24 bits per heavy atom. The largest absolute Gasteiger partial charge is 0.462 e. The Hall–Kier alpha value is -2.97. The van der Waals surface area contributed by atoms with E-state index in [2.05, 4.69) is 18.2 Å². The van der Waals surface area contributed by atoms with Gasteiger partial charge in [0.1, 0.15) is 0 Å². The first-order valence-corrected chi connectivity index (χ1v) is 13.1. The van der Waals surface area contributed by atoms with E-state index in [1.165, 1.54) is 39.7 Å². The van der Waals surface area contributed by atoms with E-state index in [0.717, 1.165) is 6.42 Å². The molecular weight excluding hydrogens is 452 g/mol. The lowest BCUT2D eigenvalue weighted by molar-refractivity contribution is -0.136. The highest BCUT2D eigenvalue weighted by molar-refractivity contribution is 7.89. The molecule has 8 heteroatoms. The third-order valence-electron chi connectivity index (χ3n) is 6.47. The molecule has 0 aliphatic carbocycles. The molecule has 1 fully saturated rings. The van der Waals surface area contributed by atoms with E-state index in [-0.39, 0.29) is 23.3 Å². The van der Waals surface area contributed by atoms with E-state index in [1.807, 2.05) is 23.1 Å². The summed E-state index contributed by atoms with van der Waals surface area (Å²) in [5, 5.41) is 0. The number of esters is 1. The molecule has 2 aliphatic rings. The maximum absolute atomic E-state index is 13.1. The van der Waals surface area contributed by atoms with Gasteiger partial charge in [0.25, 0.3) is 0 Å². The van der Waals surface area contributed by atoms with Gasteiger partial charge in [0.15, 0.2) is 0 Å². The van der Waals surface area contributed by atoms with Gasteiger partial charge in [0, 0.05) is 32.1 Å². The van der Waals surface area contributed by atoms with Crippen LogP contribution in [0.5, 0.6) is 0 Å². The van der Waals surface area contributed by atoms with Crippen molar-refractivity contribution in [3.8, 4) is 0 Å². The van der Waals surface area contributed by atoms with Crippen molar-refractivity contribution in [3.05, 3.63) is 71.8 Å². The summed E-state index contributed by atoms with van der Waals surface area (Å²) in [5.74, 6) is -0.530. The number of sulfonamides is 1. The van der Waals surface area contributed by atoms with Gasteiger partial charge in [-0.15, -0.1) is 0 Å². The minimum absolute atomic E-state index is 0.110. The van der Waals surface area contributed by atoms with Crippen molar-refractivity contribution in [1.29, 1.82) is 0 Å². The van der Waals surface area contributed by atoms with Crippen molar-refractivity contribution in [2.45, 2.75) is 31.1 Å². The summed E-state index contributed by atoms with van der Waals surface area (Å²) < 4.78 is 32.5. The molecule has 0 saturated carbocycles. The number of rotatable bonds is 6. The molecule has 0 atom stereocenters. The molecule has 2 aromatic carbocycles. The second kappa shape index (κ2) is 10.5. The number of hydrogen-bond donors (Lipinski definition) is 0. The summed E-state index contributed by atoms with van der Waals surface area (Å²) in [6.45, 7) is 3.86. The van der Waals surface area contributed by atoms with E-state index < -0.39 is 16.0 Å². The molecule has 180 valence electrons. The van der Waals surface area contributed by atoms with E-state index in [4.69, 9.17) is 4.74 Å².